The van der Waals surface area contributed by atoms with E-state index in [2.05, 4.69) is 0 Å². The minimum atomic E-state index is -1.49. The van der Waals surface area contributed by atoms with Gasteiger partial charge in [0.25, 0.3) is 0 Å². The maximum Gasteiger partial charge on any atom is 0.324 e. The van der Waals surface area contributed by atoms with Crippen LogP contribution in [-0.4, -0.2) is 27.7 Å². The monoisotopic (exact) mass is 145 g/mol. The van der Waals surface area contributed by atoms with Gasteiger partial charge in [-0.05, 0) is 6.42 Å². The first-order valence-corrected chi connectivity index (χ1v) is 2.73. The van der Waals surface area contributed by atoms with Crippen molar-refractivity contribution < 1.29 is 19.8 Å². The Morgan fingerprint density at radius 1 is 1.50 bits per heavy atom. The molecule has 10 heavy (non-hydrogen) atoms. The van der Waals surface area contributed by atoms with Crippen molar-refractivity contribution in [2.75, 3.05) is 0 Å². The van der Waals surface area contributed by atoms with E-state index in [-0.39, 0.29) is 6.42 Å². The molecule has 5 heteroatoms. The topological polar surface area (TPSA) is 101 Å². The molecule has 0 aliphatic heterocycles. The van der Waals surface area contributed by atoms with Crippen LogP contribution in [0.25, 0.3) is 0 Å². The standard InChI is InChI=1S/C5H7NO4/c6-5(4(9)10)1-2(5)3(7)8/h2H,1,6H2,(H,7,8)(H,9,10)/t2-,5-/m1/s1. The summed E-state index contributed by atoms with van der Waals surface area (Å²) in [5.74, 6) is -3.27. The lowest BCUT2D eigenvalue weighted by Gasteiger charge is -1.99. The average Bonchev–Trinajstić information content (AvgIpc) is 2.43. The molecule has 5 nitrogen and oxygen atoms in total. The highest BCUT2D eigenvalue weighted by Gasteiger charge is 2.62. The molecule has 0 aromatic rings. The van der Waals surface area contributed by atoms with Crippen LogP contribution in [-0.2, 0) is 9.59 Å². The molecule has 1 rings (SSSR count). The van der Waals surface area contributed by atoms with Crippen LogP contribution in [0.15, 0.2) is 0 Å². The summed E-state index contributed by atoms with van der Waals surface area (Å²) in [6, 6.07) is 0. The van der Waals surface area contributed by atoms with E-state index in [4.69, 9.17) is 15.9 Å². The number of rotatable bonds is 2. The summed E-state index contributed by atoms with van der Waals surface area (Å²) in [5, 5.41) is 16.6. The Morgan fingerprint density at radius 2 is 2.00 bits per heavy atom. The zero-order valence-electron chi connectivity index (χ0n) is 5.07. The molecule has 56 valence electrons. The number of carboxylic acids is 2. The van der Waals surface area contributed by atoms with Gasteiger partial charge >= 0.3 is 11.9 Å². The maximum absolute atomic E-state index is 10.2. The van der Waals surface area contributed by atoms with Gasteiger partial charge in [-0.15, -0.1) is 0 Å². The van der Waals surface area contributed by atoms with Gasteiger partial charge in [0.05, 0.1) is 5.92 Å². The zero-order chi connectivity index (χ0) is 7.94. The molecule has 1 fully saturated rings. The lowest BCUT2D eigenvalue weighted by molar-refractivity contribution is -0.145. The van der Waals surface area contributed by atoms with E-state index < -0.39 is 23.4 Å². The second-order valence-electron chi connectivity index (χ2n) is 2.44. The maximum atomic E-state index is 10.2. The van der Waals surface area contributed by atoms with E-state index in [1.54, 1.807) is 0 Å². The molecule has 0 radical (unpaired) electrons. The molecule has 0 aromatic heterocycles. The van der Waals surface area contributed by atoms with Crippen LogP contribution in [0.1, 0.15) is 6.42 Å². The Kier molecular flexibility index (Phi) is 1.19. The van der Waals surface area contributed by atoms with Crippen molar-refractivity contribution in [3.63, 3.8) is 0 Å². The first-order valence-electron chi connectivity index (χ1n) is 2.73. The van der Waals surface area contributed by atoms with Crippen LogP contribution >= 0.6 is 0 Å². The van der Waals surface area contributed by atoms with Crippen LogP contribution in [0.3, 0.4) is 0 Å². The summed E-state index contributed by atoms with van der Waals surface area (Å²) in [5.41, 5.74) is 3.66. The second-order valence-corrected chi connectivity index (χ2v) is 2.44. The lowest BCUT2D eigenvalue weighted by Crippen LogP contribution is -2.36. The van der Waals surface area contributed by atoms with Crippen molar-refractivity contribution in [3.05, 3.63) is 0 Å². The van der Waals surface area contributed by atoms with Gasteiger partial charge in [-0.1, -0.05) is 0 Å². The molecule has 0 spiro atoms. The quantitative estimate of drug-likeness (QED) is 0.456. The van der Waals surface area contributed by atoms with E-state index in [1.165, 1.54) is 0 Å². The van der Waals surface area contributed by atoms with Gasteiger partial charge < -0.3 is 15.9 Å². The molecule has 0 aromatic carbocycles. The lowest BCUT2D eigenvalue weighted by atomic mass is 10.2. The first-order chi connectivity index (χ1) is 4.48. The average molecular weight is 145 g/mol. The highest BCUT2D eigenvalue weighted by atomic mass is 16.4. The van der Waals surface area contributed by atoms with Crippen molar-refractivity contribution in [1.29, 1.82) is 0 Å². The summed E-state index contributed by atoms with van der Waals surface area (Å²) in [4.78, 5) is 20.3. The molecule has 1 saturated carbocycles. The zero-order valence-corrected chi connectivity index (χ0v) is 5.07. The van der Waals surface area contributed by atoms with E-state index in [0.717, 1.165) is 0 Å². The normalized spacial score (nSPS) is 37.1. The molecule has 4 N–H and O–H groups in total. The van der Waals surface area contributed by atoms with Gasteiger partial charge in [0.2, 0.25) is 0 Å². The second kappa shape index (κ2) is 1.69. The SMILES string of the molecule is N[C@]1(C(=O)O)C[C@@H]1C(=O)O. The number of carbonyl (C=O) groups is 2. The Morgan fingerprint density at radius 3 is 2.10 bits per heavy atom. The number of aliphatic carboxylic acids is 2. The van der Waals surface area contributed by atoms with Crippen molar-refractivity contribution in [2.24, 2.45) is 11.7 Å². The number of hydrogen-bond acceptors (Lipinski definition) is 3. The molecule has 0 unspecified atom stereocenters. The van der Waals surface area contributed by atoms with Gasteiger partial charge in [0.1, 0.15) is 5.54 Å². The van der Waals surface area contributed by atoms with Crippen LogP contribution in [0.2, 0.25) is 0 Å². The summed E-state index contributed by atoms with van der Waals surface area (Å²) >= 11 is 0. The van der Waals surface area contributed by atoms with Crippen molar-refractivity contribution in [2.45, 2.75) is 12.0 Å². The minimum absolute atomic E-state index is 0.0394. The summed E-state index contributed by atoms with van der Waals surface area (Å²) in [7, 11) is 0. The van der Waals surface area contributed by atoms with Crippen molar-refractivity contribution in [1.82, 2.24) is 0 Å². The fraction of sp³-hybridized carbons (Fsp3) is 0.600. The Labute approximate surface area is 56.4 Å². The number of hydrogen-bond donors (Lipinski definition) is 3. The highest BCUT2D eigenvalue weighted by molar-refractivity contribution is 5.92. The van der Waals surface area contributed by atoms with Crippen molar-refractivity contribution in [3.8, 4) is 0 Å². The van der Waals surface area contributed by atoms with Crippen LogP contribution in [0.4, 0.5) is 0 Å². The van der Waals surface area contributed by atoms with Crippen LogP contribution in [0, 0.1) is 5.92 Å². The molecule has 1 aliphatic rings. The molecule has 1 aliphatic carbocycles. The number of carboxylic acid groups (broad SMARTS) is 2. The summed E-state index contributed by atoms with van der Waals surface area (Å²) in [6.07, 6.45) is 0.0394. The Bertz CT molecular complexity index is 202. The highest BCUT2D eigenvalue weighted by Crippen LogP contribution is 2.41. The van der Waals surface area contributed by atoms with Gasteiger partial charge in [-0.2, -0.15) is 0 Å². The van der Waals surface area contributed by atoms with Crippen LogP contribution in [0.5, 0.6) is 0 Å². The predicted octanol–water partition coefficient (Wildman–Crippen LogP) is -1.13. The summed E-state index contributed by atoms with van der Waals surface area (Å²) < 4.78 is 0. The van der Waals surface area contributed by atoms with Crippen molar-refractivity contribution >= 4 is 11.9 Å². The van der Waals surface area contributed by atoms with E-state index in [9.17, 15) is 9.59 Å². The third-order valence-electron chi connectivity index (χ3n) is 1.70. The largest absolute Gasteiger partial charge is 0.481 e. The molecular formula is C5H7NO4. The molecule has 0 bridgehead atoms. The first kappa shape index (κ1) is 7.01. The fourth-order valence-electron chi connectivity index (χ4n) is 0.823. The molecular weight excluding hydrogens is 138 g/mol. The van der Waals surface area contributed by atoms with Crippen LogP contribution < -0.4 is 5.73 Å². The third kappa shape index (κ3) is 0.750. The molecule has 0 heterocycles. The molecule has 0 amide bonds. The molecule has 2 atom stereocenters. The van der Waals surface area contributed by atoms with Gasteiger partial charge in [0.15, 0.2) is 0 Å². The molecule has 0 saturated heterocycles. The Hall–Kier alpha value is -1.10. The number of nitrogens with two attached hydrogens (primary N) is 1. The Balaban J connectivity index is 2.65. The third-order valence-corrected chi connectivity index (χ3v) is 1.70. The fourth-order valence-corrected chi connectivity index (χ4v) is 0.823. The minimum Gasteiger partial charge on any atom is -0.481 e. The summed E-state index contributed by atoms with van der Waals surface area (Å²) in [6.45, 7) is 0. The van der Waals surface area contributed by atoms with E-state index >= 15 is 0 Å². The smallest absolute Gasteiger partial charge is 0.324 e. The van der Waals surface area contributed by atoms with Gasteiger partial charge in [0, 0.05) is 0 Å². The predicted molar refractivity (Wildman–Crippen MR) is 30.3 cm³/mol. The van der Waals surface area contributed by atoms with Gasteiger partial charge in [-0.25, -0.2) is 0 Å². The van der Waals surface area contributed by atoms with E-state index in [1.807, 2.05) is 0 Å². The van der Waals surface area contributed by atoms with E-state index in [0.29, 0.717) is 0 Å². The van der Waals surface area contributed by atoms with Gasteiger partial charge in [-0.3, -0.25) is 9.59 Å².